The van der Waals surface area contributed by atoms with Gasteiger partial charge in [0.2, 0.25) is 0 Å². The van der Waals surface area contributed by atoms with Gasteiger partial charge in [-0.05, 0) is 54.3 Å². The van der Waals surface area contributed by atoms with Gasteiger partial charge in [-0.3, -0.25) is 0 Å². The van der Waals surface area contributed by atoms with Crippen LogP contribution in [0.25, 0.3) is 0 Å². The van der Waals surface area contributed by atoms with Crippen LogP contribution in [0.2, 0.25) is 0 Å². The second kappa shape index (κ2) is 5.64. The Morgan fingerprint density at radius 2 is 2.06 bits per heavy atom. The molecule has 2 rings (SSSR count). The topological polar surface area (TPSA) is 29.9 Å². The molecule has 0 saturated carbocycles. The molecule has 1 atom stereocenters. The summed E-state index contributed by atoms with van der Waals surface area (Å²) in [5.74, 6) is 1.07. The van der Waals surface area contributed by atoms with Crippen molar-refractivity contribution in [3.63, 3.8) is 0 Å². The van der Waals surface area contributed by atoms with E-state index in [0.717, 1.165) is 12.4 Å². The number of halogens is 1. The fourth-order valence-electron chi connectivity index (χ4n) is 1.95. The van der Waals surface area contributed by atoms with Crippen LogP contribution in [0.15, 0.2) is 36.7 Å². The van der Waals surface area contributed by atoms with Crippen LogP contribution in [-0.4, -0.2) is 16.6 Å². The van der Waals surface area contributed by atoms with Gasteiger partial charge in [0, 0.05) is 22.5 Å². The number of nitrogens with one attached hydrogen (secondary N) is 1. The van der Waals surface area contributed by atoms with Gasteiger partial charge in [0.15, 0.2) is 0 Å². The van der Waals surface area contributed by atoms with E-state index in [9.17, 15) is 0 Å². The number of imidazole rings is 1. The predicted molar refractivity (Wildman–Crippen MR) is 78.0 cm³/mol. The lowest BCUT2D eigenvalue weighted by Gasteiger charge is -2.17. The lowest BCUT2D eigenvalue weighted by Crippen LogP contribution is -2.21. The standard InChI is InChI=1S/C13H16IN3/c1-3-17-9-8-16-13(17)12(15-2)10-4-6-11(14)7-5-10/h4-9,12,15H,3H2,1-2H3. The lowest BCUT2D eigenvalue weighted by atomic mass is 10.1. The molecule has 17 heavy (non-hydrogen) atoms. The highest BCUT2D eigenvalue weighted by Crippen LogP contribution is 2.21. The average molecular weight is 341 g/mol. The second-order valence-corrected chi connectivity index (χ2v) is 5.09. The molecule has 3 nitrogen and oxygen atoms in total. The minimum atomic E-state index is 0.155. The quantitative estimate of drug-likeness (QED) is 0.867. The molecule has 0 aliphatic rings. The van der Waals surface area contributed by atoms with Crippen molar-refractivity contribution in [2.75, 3.05) is 7.05 Å². The number of benzene rings is 1. The maximum absolute atomic E-state index is 4.46. The van der Waals surface area contributed by atoms with Crippen molar-refractivity contribution in [1.29, 1.82) is 0 Å². The first-order valence-corrected chi connectivity index (χ1v) is 6.78. The van der Waals surface area contributed by atoms with Crippen LogP contribution in [-0.2, 0) is 6.54 Å². The number of hydrogen-bond acceptors (Lipinski definition) is 2. The molecule has 0 bridgehead atoms. The van der Waals surface area contributed by atoms with E-state index in [2.05, 4.69) is 68.6 Å². The monoisotopic (exact) mass is 341 g/mol. The third-order valence-corrected chi connectivity index (χ3v) is 3.56. The van der Waals surface area contributed by atoms with Crippen LogP contribution in [0, 0.1) is 3.57 Å². The Balaban J connectivity index is 2.36. The summed E-state index contributed by atoms with van der Waals surface area (Å²) in [7, 11) is 1.97. The van der Waals surface area contributed by atoms with E-state index in [1.165, 1.54) is 9.13 Å². The summed E-state index contributed by atoms with van der Waals surface area (Å²) in [5, 5.41) is 3.33. The van der Waals surface area contributed by atoms with Crippen molar-refractivity contribution in [3.05, 3.63) is 51.6 Å². The first kappa shape index (κ1) is 12.6. The molecule has 0 radical (unpaired) electrons. The summed E-state index contributed by atoms with van der Waals surface area (Å²) >= 11 is 2.32. The minimum absolute atomic E-state index is 0.155. The Morgan fingerprint density at radius 1 is 1.35 bits per heavy atom. The Labute approximate surface area is 115 Å². The fraction of sp³-hybridized carbons (Fsp3) is 0.308. The van der Waals surface area contributed by atoms with Crippen LogP contribution in [0.5, 0.6) is 0 Å². The largest absolute Gasteiger partial charge is 0.334 e. The van der Waals surface area contributed by atoms with Crippen molar-refractivity contribution >= 4 is 22.6 Å². The summed E-state index contributed by atoms with van der Waals surface area (Å²) in [6, 6.07) is 8.70. The van der Waals surface area contributed by atoms with Crippen molar-refractivity contribution in [2.45, 2.75) is 19.5 Å². The molecular formula is C13H16IN3. The number of nitrogens with zero attached hydrogens (tertiary/aromatic N) is 2. The van der Waals surface area contributed by atoms with Crippen molar-refractivity contribution in [2.24, 2.45) is 0 Å². The van der Waals surface area contributed by atoms with Crippen molar-refractivity contribution < 1.29 is 0 Å². The van der Waals surface area contributed by atoms with Crippen LogP contribution < -0.4 is 5.32 Å². The zero-order chi connectivity index (χ0) is 12.3. The Kier molecular flexibility index (Phi) is 4.17. The minimum Gasteiger partial charge on any atom is -0.334 e. The molecular weight excluding hydrogens is 325 g/mol. The lowest BCUT2D eigenvalue weighted by molar-refractivity contribution is 0.590. The second-order valence-electron chi connectivity index (χ2n) is 3.84. The Morgan fingerprint density at radius 3 is 2.65 bits per heavy atom. The molecule has 0 amide bonds. The predicted octanol–water partition coefficient (Wildman–Crippen LogP) is 2.82. The zero-order valence-electron chi connectivity index (χ0n) is 10.0. The third kappa shape index (κ3) is 2.69. The molecule has 1 heterocycles. The van der Waals surface area contributed by atoms with Gasteiger partial charge in [0.25, 0.3) is 0 Å². The molecule has 1 aromatic heterocycles. The molecule has 1 unspecified atom stereocenters. The van der Waals surface area contributed by atoms with E-state index in [4.69, 9.17) is 0 Å². The summed E-state index contributed by atoms with van der Waals surface area (Å²) in [4.78, 5) is 4.46. The Bertz CT molecular complexity index is 476. The molecule has 0 spiro atoms. The maximum atomic E-state index is 4.46. The van der Waals surface area contributed by atoms with E-state index in [1.54, 1.807) is 0 Å². The molecule has 0 fully saturated rings. The van der Waals surface area contributed by atoms with Gasteiger partial charge >= 0.3 is 0 Å². The van der Waals surface area contributed by atoms with Crippen molar-refractivity contribution in [1.82, 2.24) is 14.9 Å². The summed E-state index contributed by atoms with van der Waals surface area (Å²) < 4.78 is 3.42. The number of rotatable bonds is 4. The summed E-state index contributed by atoms with van der Waals surface area (Å²) in [6.07, 6.45) is 3.88. The van der Waals surface area contributed by atoms with E-state index >= 15 is 0 Å². The van der Waals surface area contributed by atoms with Gasteiger partial charge in [-0.15, -0.1) is 0 Å². The van der Waals surface area contributed by atoms with E-state index in [-0.39, 0.29) is 6.04 Å². The number of aryl methyl sites for hydroxylation is 1. The van der Waals surface area contributed by atoms with Gasteiger partial charge in [0.1, 0.15) is 5.82 Å². The highest BCUT2D eigenvalue weighted by atomic mass is 127. The van der Waals surface area contributed by atoms with E-state index in [0.29, 0.717) is 0 Å². The maximum Gasteiger partial charge on any atom is 0.130 e. The normalized spacial score (nSPS) is 12.6. The van der Waals surface area contributed by atoms with Crippen LogP contribution in [0.1, 0.15) is 24.4 Å². The number of hydrogen-bond donors (Lipinski definition) is 1. The Hall–Kier alpha value is -0.880. The summed E-state index contributed by atoms with van der Waals surface area (Å²) in [5.41, 5.74) is 1.24. The van der Waals surface area contributed by atoms with Crippen LogP contribution >= 0.6 is 22.6 Å². The third-order valence-electron chi connectivity index (χ3n) is 2.84. The van der Waals surface area contributed by atoms with Gasteiger partial charge < -0.3 is 9.88 Å². The SMILES string of the molecule is CCn1ccnc1C(NC)c1ccc(I)cc1. The molecule has 0 saturated heterocycles. The molecule has 4 heteroatoms. The molecule has 1 aromatic carbocycles. The van der Waals surface area contributed by atoms with Crippen molar-refractivity contribution in [3.8, 4) is 0 Å². The average Bonchev–Trinajstić information content (AvgIpc) is 2.81. The highest BCUT2D eigenvalue weighted by Gasteiger charge is 2.16. The zero-order valence-corrected chi connectivity index (χ0v) is 12.2. The molecule has 2 aromatic rings. The molecule has 90 valence electrons. The van der Waals surface area contributed by atoms with E-state index < -0.39 is 0 Å². The molecule has 0 aliphatic carbocycles. The van der Waals surface area contributed by atoms with Gasteiger partial charge in [-0.2, -0.15) is 0 Å². The number of aromatic nitrogens is 2. The molecule has 0 aliphatic heterocycles. The van der Waals surface area contributed by atoms with Crippen LogP contribution in [0.3, 0.4) is 0 Å². The van der Waals surface area contributed by atoms with Gasteiger partial charge in [-0.1, -0.05) is 12.1 Å². The molecule has 1 N–H and O–H groups in total. The smallest absolute Gasteiger partial charge is 0.130 e. The fourth-order valence-corrected chi connectivity index (χ4v) is 2.31. The first-order chi connectivity index (χ1) is 8.26. The highest BCUT2D eigenvalue weighted by molar-refractivity contribution is 14.1. The van der Waals surface area contributed by atoms with Crippen LogP contribution in [0.4, 0.5) is 0 Å². The van der Waals surface area contributed by atoms with Gasteiger partial charge in [0.05, 0.1) is 6.04 Å². The summed E-state index contributed by atoms with van der Waals surface area (Å²) in [6.45, 7) is 3.07. The van der Waals surface area contributed by atoms with E-state index in [1.807, 2.05) is 19.4 Å². The first-order valence-electron chi connectivity index (χ1n) is 5.70. The van der Waals surface area contributed by atoms with Gasteiger partial charge in [-0.25, -0.2) is 4.98 Å².